The summed E-state index contributed by atoms with van der Waals surface area (Å²) < 4.78 is 1.25. The summed E-state index contributed by atoms with van der Waals surface area (Å²) in [5.41, 5.74) is 7.47. The van der Waals surface area contributed by atoms with Crippen molar-refractivity contribution < 1.29 is 0 Å². The van der Waals surface area contributed by atoms with Gasteiger partial charge in [0.25, 0.3) is 0 Å². The summed E-state index contributed by atoms with van der Waals surface area (Å²) in [5, 5.41) is 0.774. The fourth-order valence-electron chi connectivity index (χ4n) is 1.74. The molecule has 100 valence electrons. The van der Waals surface area contributed by atoms with Gasteiger partial charge in [-0.15, -0.1) is 11.8 Å². The highest BCUT2D eigenvalue weighted by Crippen LogP contribution is 2.22. The first-order chi connectivity index (χ1) is 9.13. The van der Waals surface area contributed by atoms with Gasteiger partial charge < -0.3 is 5.73 Å². The zero-order valence-corrected chi connectivity index (χ0v) is 14.1. The quantitative estimate of drug-likeness (QED) is 0.583. The molecule has 0 aromatic heterocycles. The maximum atomic E-state index is 6.17. The molecule has 1 nitrogen and oxygen atoms in total. The number of thioether (sulfide) groups is 1. The number of hydrogen-bond acceptors (Lipinski definition) is 2. The fraction of sp³-hybridized carbons (Fsp3) is 0.200. The van der Waals surface area contributed by atoms with E-state index in [2.05, 4.69) is 52.9 Å². The summed E-state index contributed by atoms with van der Waals surface area (Å²) in [6, 6.07) is 16.6. The Morgan fingerprint density at radius 2 is 1.89 bits per heavy atom. The Labute approximate surface area is 137 Å². The van der Waals surface area contributed by atoms with Gasteiger partial charge in [0, 0.05) is 25.3 Å². The molecule has 2 aromatic carbocycles. The maximum absolute atomic E-state index is 6.17. The number of halogens is 2. The Kier molecular flexibility index (Phi) is 6.01. The van der Waals surface area contributed by atoms with Crippen LogP contribution in [-0.2, 0) is 6.42 Å². The standard InChI is InChI=1S/C15H15ClINS/c16-12-2-1-3-15(9-12)19-10-14(18)8-11-4-6-13(17)7-5-11/h1-7,9,14H,8,10,18H2. The van der Waals surface area contributed by atoms with Crippen LogP contribution in [0, 0.1) is 3.57 Å². The van der Waals surface area contributed by atoms with Crippen LogP contribution in [0.5, 0.6) is 0 Å². The molecule has 1 atom stereocenters. The van der Waals surface area contributed by atoms with E-state index in [-0.39, 0.29) is 6.04 Å². The summed E-state index contributed by atoms with van der Waals surface area (Å²) in [7, 11) is 0. The summed E-state index contributed by atoms with van der Waals surface area (Å²) in [6.45, 7) is 0. The second-order valence-electron chi connectivity index (χ2n) is 4.36. The van der Waals surface area contributed by atoms with Crippen molar-refractivity contribution in [2.24, 2.45) is 5.73 Å². The van der Waals surface area contributed by atoms with Gasteiger partial charge in [-0.25, -0.2) is 0 Å². The average molecular weight is 404 g/mol. The first-order valence-corrected chi connectivity index (χ1v) is 8.46. The SMILES string of the molecule is NC(CSc1cccc(Cl)c1)Cc1ccc(I)cc1. The van der Waals surface area contributed by atoms with E-state index in [0.29, 0.717) is 0 Å². The summed E-state index contributed by atoms with van der Waals surface area (Å²) in [4.78, 5) is 1.17. The van der Waals surface area contributed by atoms with Crippen molar-refractivity contribution in [1.82, 2.24) is 0 Å². The van der Waals surface area contributed by atoms with Crippen LogP contribution >= 0.6 is 46.0 Å². The fourth-order valence-corrected chi connectivity index (χ4v) is 3.27. The van der Waals surface area contributed by atoms with Crippen molar-refractivity contribution in [2.45, 2.75) is 17.4 Å². The lowest BCUT2D eigenvalue weighted by molar-refractivity contribution is 0.748. The zero-order chi connectivity index (χ0) is 13.7. The Bertz CT molecular complexity index is 530. The first kappa shape index (κ1) is 15.2. The normalized spacial score (nSPS) is 12.4. The van der Waals surface area contributed by atoms with Crippen molar-refractivity contribution in [3.05, 3.63) is 62.7 Å². The molecule has 2 N–H and O–H groups in total. The minimum atomic E-state index is 0.157. The van der Waals surface area contributed by atoms with Gasteiger partial charge in [0.15, 0.2) is 0 Å². The second-order valence-corrected chi connectivity index (χ2v) is 7.13. The van der Waals surface area contributed by atoms with Gasteiger partial charge >= 0.3 is 0 Å². The van der Waals surface area contributed by atoms with Gasteiger partial charge in [-0.3, -0.25) is 0 Å². The van der Waals surface area contributed by atoms with E-state index < -0.39 is 0 Å². The van der Waals surface area contributed by atoms with E-state index in [9.17, 15) is 0 Å². The topological polar surface area (TPSA) is 26.0 Å². The van der Waals surface area contributed by atoms with E-state index in [0.717, 1.165) is 17.2 Å². The molecule has 0 fully saturated rings. The van der Waals surface area contributed by atoms with E-state index >= 15 is 0 Å². The molecule has 0 saturated heterocycles. The molecule has 0 aliphatic carbocycles. The molecule has 1 unspecified atom stereocenters. The molecule has 4 heteroatoms. The molecular weight excluding hydrogens is 389 g/mol. The molecule has 0 amide bonds. The van der Waals surface area contributed by atoms with E-state index in [4.69, 9.17) is 17.3 Å². The van der Waals surface area contributed by atoms with Crippen LogP contribution in [0.4, 0.5) is 0 Å². The number of hydrogen-bond donors (Lipinski definition) is 1. The molecular formula is C15H15ClINS. The largest absolute Gasteiger partial charge is 0.327 e. The predicted octanol–water partition coefficient (Wildman–Crippen LogP) is 4.61. The molecule has 0 heterocycles. The van der Waals surface area contributed by atoms with Crippen LogP contribution in [0.1, 0.15) is 5.56 Å². The smallest absolute Gasteiger partial charge is 0.0417 e. The Morgan fingerprint density at radius 3 is 2.58 bits per heavy atom. The highest BCUT2D eigenvalue weighted by atomic mass is 127. The van der Waals surface area contributed by atoms with Crippen molar-refractivity contribution in [2.75, 3.05) is 5.75 Å². The minimum absolute atomic E-state index is 0.157. The van der Waals surface area contributed by atoms with Crippen LogP contribution in [0.2, 0.25) is 5.02 Å². The minimum Gasteiger partial charge on any atom is -0.327 e. The molecule has 0 radical (unpaired) electrons. The maximum Gasteiger partial charge on any atom is 0.0417 e. The van der Waals surface area contributed by atoms with Crippen LogP contribution in [0.3, 0.4) is 0 Å². The lowest BCUT2D eigenvalue weighted by Gasteiger charge is -2.11. The van der Waals surface area contributed by atoms with E-state index in [1.165, 1.54) is 14.0 Å². The molecule has 19 heavy (non-hydrogen) atoms. The average Bonchev–Trinajstić information content (AvgIpc) is 2.39. The number of benzene rings is 2. The Morgan fingerprint density at radius 1 is 1.16 bits per heavy atom. The molecule has 2 aromatic rings. The molecule has 0 spiro atoms. The van der Waals surface area contributed by atoms with Gasteiger partial charge in [0.05, 0.1) is 0 Å². The summed E-state index contributed by atoms with van der Waals surface area (Å²) >= 11 is 10.0. The van der Waals surface area contributed by atoms with Crippen LogP contribution in [0.15, 0.2) is 53.4 Å². The third kappa shape index (κ3) is 5.34. The van der Waals surface area contributed by atoms with Gasteiger partial charge in [-0.05, 0) is 64.9 Å². The summed E-state index contributed by atoms with van der Waals surface area (Å²) in [5.74, 6) is 0.895. The van der Waals surface area contributed by atoms with Gasteiger partial charge in [0.2, 0.25) is 0 Å². The van der Waals surface area contributed by atoms with E-state index in [1.807, 2.05) is 18.2 Å². The van der Waals surface area contributed by atoms with Crippen LogP contribution < -0.4 is 5.73 Å². The van der Waals surface area contributed by atoms with Gasteiger partial charge in [-0.1, -0.05) is 29.8 Å². The monoisotopic (exact) mass is 403 g/mol. The van der Waals surface area contributed by atoms with Crippen molar-refractivity contribution in [1.29, 1.82) is 0 Å². The van der Waals surface area contributed by atoms with Crippen molar-refractivity contribution in [3.8, 4) is 0 Å². The lowest BCUT2D eigenvalue weighted by Crippen LogP contribution is -2.25. The Balaban J connectivity index is 1.84. The van der Waals surface area contributed by atoms with Gasteiger partial charge in [0.1, 0.15) is 0 Å². The molecule has 0 aliphatic heterocycles. The number of rotatable bonds is 5. The molecule has 0 aliphatic rings. The third-order valence-electron chi connectivity index (χ3n) is 2.67. The van der Waals surface area contributed by atoms with Crippen LogP contribution in [0.25, 0.3) is 0 Å². The van der Waals surface area contributed by atoms with Gasteiger partial charge in [-0.2, -0.15) is 0 Å². The second kappa shape index (κ2) is 7.53. The Hall–Kier alpha value is -0.230. The predicted molar refractivity (Wildman–Crippen MR) is 93.0 cm³/mol. The highest BCUT2D eigenvalue weighted by molar-refractivity contribution is 14.1. The highest BCUT2D eigenvalue weighted by Gasteiger charge is 2.05. The molecule has 2 rings (SSSR count). The number of nitrogens with two attached hydrogens (primary N) is 1. The zero-order valence-electron chi connectivity index (χ0n) is 10.4. The first-order valence-electron chi connectivity index (χ1n) is 6.02. The van der Waals surface area contributed by atoms with Crippen LogP contribution in [-0.4, -0.2) is 11.8 Å². The summed E-state index contributed by atoms with van der Waals surface area (Å²) in [6.07, 6.45) is 0.907. The molecule has 0 saturated carbocycles. The molecule has 0 bridgehead atoms. The van der Waals surface area contributed by atoms with E-state index in [1.54, 1.807) is 11.8 Å². The lowest BCUT2D eigenvalue weighted by atomic mass is 10.1. The van der Waals surface area contributed by atoms with Crippen molar-refractivity contribution in [3.63, 3.8) is 0 Å². The third-order valence-corrected chi connectivity index (χ3v) is 4.81. The van der Waals surface area contributed by atoms with Crippen molar-refractivity contribution >= 4 is 46.0 Å².